The first-order valence-corrected chi connectivity index (χ1v) is 24.9. The number of aliphatic hydroxyl groups is 1. The minimum atomic E-state index is -0.846. The number of cyclic esters (lactones) is 12. The van der Waals surface area contributed by atoms with Crippen molar-refractivity contribution in [2.45, 2.75) is 109 Å². The van der Waals surface area contributed by atoms with Gasteiger partial charge in [-0.25, -0.2) is 14.4 Å². The van der Waals surface area contributed by atoms with Gasteiger partial charge in [-0.3, -0.25) is 107 Å². The van der Waals surface area contributed by atoms with Crippen LogP contribution >= 0.6 is 0 Å². The van der Waals surface area contributed by atoms with E-state index in [1.54, 1.807) is 27.7 Å². The van der Waals surface area contributed by atoms with Gasteiger partial charge < -0.3 is 43.7 Å². The maximum Gasteiger partial charge on any atom is 0.338 e. The first kappa shape index (κ1) is 67.4. The van der Waals surface area contributed by atoms with E-state index < -0.39 is 136 Å². The van der Waals surface area contributed by atoms with Gasteiger partial charge in [-0.05, 0) is 39.8 Å². The van der Waals surface area contributed by atoms with Crippen molar-refractivity contribution in [2.75, 3.05) is 6.73 Å². The second-order valence-corrected chi connectivity index (χ2v) is 19.9. The van der Waals surface area contributed by atoms with Crippen LogP contribution in [-0.2, 0) is 134 Å². The molecule has 12 rings (SSSR count). The Morgan fingerprint density at radius 3 is 1.04 bits per heavy atom. The van der Waals surface area contributed by atoms with Crippen LogP contribution in [0.2, 0.25) is 0 Å². The number of hydrogen-bond acceptors (Lipinski definition) is 30. The number of urea groups is 1. The quantitative estimate of drug-likeness (QED) is 0.116. The zero-order valence-corrected chi connectivity index (χ0v) is 45.0. The van der Waals surface area contributed by atoms with Gasteiger partial charge in [0.05, 0.1) is 98.0 Å². The molecule has 0 aromatic rings. The number of carbonyl (C=O) groups excluding carboxylic acids is 23. The molecule has 454 valence electrons. The maximum absolute atomic E-state index is 11.1. The number of barbiturate groups is 1. The zero-order valence-electron chi connectivity index (χ0n) is 45.0. The number of aliphatic hydroxyl groups excluding tert-OH is 1. The van der Waals surface area contributed by atoms with E-state index in [4.69, 9.17) is 5.11 Å². The second-order valence-electron chi connectivity index (χ2n) is 19.9. The molecule has 0 aromatic heterocycles. The number of ether oxygens (including phenoxy) is 6. The predicted molar refractivity (Wildman–Crippen MR) is 259 cm³/mol. The average Bonchev–Trinajstić information content (AvgIpc) is 1.63. The van der Waals surface area contributed by atoms with Gasteiger partial charge in [0.1, 0.15) is 24.7 Å². The molecule has 0 spiro atoms. The summed E-state index contributed by atoms with van der Waals surface area (Å²) in [6.45, 7) is 6.31. The van der Waals surface area contributed by atoms with E-state index in [9.17, 15) is 110 Å². The van der Waals surface area contributed by atoms with E-state index in [0.29, 0.717) is 12.8 Å². The molecule has 0 bridgehead atoms. The number of carbonyl (C=O) groups is 23. The molecule has 2 atom stereocenters. The fraction of sp³-hybridized carbons (Fsp3) is 0.471. The highest BCUT2D eigenvalue weighted by atomic mass is 16.6. The number of nitrogens with one attached hydrogen (secondary N) is 3. The van der Waals surface area contributed by atoms with Crippen molar-refractivity contribution in [3.05, 3.63) is 24.3 Å². The van der Waals surface area contributed by atoms with E-state index in [0.717, 1.165) is 12.2 Å². The molecule has 6 amide bonds. The molecule has 2 saturated carbocycles. The summed E-state index contributed by atoms with van der Waals surface area (Å²) < 4.78 is 25.3. The SMILES string of the molecule is CC1(C)C(=O)CC(=O)N1CO.CC1(C)NC(=O)CC1=O.O=C1C=CC(=O)C1.O=C1C=CC(=O)O1.O=C1CC(=O)NC(=O)N1.O=C1CC(C2CC(=O)OC2=O)C(=O)O1.O=C1CCC(=O)C1.O=C1CCC(=O)O1.O=C1OC(=O)C2C1C1C(=O)OC(=O)C21. The molecule has 9 heterocycles. The lowest BCUT2D eigenvalue weighted by atomic mass is 9.59. The Bertz CT molecular complexity index is 2780. The lowest BCUT2D eigenvalue weighted by Gasteiger charge is -2.33. The van der Waals surface area contributed by atoms with Gasteiger partial charge in [-0.15, -0.1) is 0 Å². The van der Waals surface area contributed by atoms with Crippen LogP contribution in [-0.4, -0.2) is 164 Å². The molecule has 0 aromatic carbocycles. The number of amides is 6. The molecule has 34 nitrogen and oxygen atoms in total. The molecule has 9 aliphatic heterocycles. The number of hydrogen-bond donors (Lipinski definition) is 4. The third kappa shape index (κ3) is 18.7. The van der Waals surface area contributed by atoms with Gasteiger partial charge in [0.2, 0.25) is 23.6 Å². The average molecular weight is 1200 g/mol. The fourth-order valence-corrected chi connectivity index (χ4v) is 8.39. The van der Waals surface area contributed by atoms with Crippen LogP contribution in [0.15, 0.2) is 24.3 Å². The van der Waals surface area contributed by atoms with Gasteiger partial charge in [0.15, 0.2) is 23.1 Å². The van der Waals surface area contributed by atoms with Crippen molar-refractivity contribution in [3.63, 3.8) is 0 Å². The minimum absolute atomic E-state index is 0.0208. The number of nitrogens with zero attached hydrogens (tertiary/aromatic N) is 1. The van der Waals surface area contributed by atoms with Crippen LogP contribution in [0.1, 0.15) is 98.3 Å². The van der Waals surface area contributed by atoms with Gasteiger partial charge in [-0.2, -0.15) is 0 Å². The Balaban J connectivity index is 0.000000208. The van der Waals surface area contributed by atoms with E-state index in [1.165, 1.54) is 17.1 Å². The number of fused-ring (bicyclic) bond motifs is 4. The number of esters is 12. The van der Waals surface area contributed by atoms with Crippen molar-refractivity contribution >= 4 is 136 Å². The Morgan fingerprint density at radius 2 is 0.847 bits per heavy atom. The van der Waals surface area contributed by atoms with Crippen LogP contribution < -0.4 is 16.0 Å². The number of likely N-dealkylation sites (tertiary alicyclic amines) is 1. The van der Waals surface area contributed by atoms with Gasteiger partial charge in [-0.1, -0.05) is 0 Å². The topological polar surface area (TPSA) is 508 Å². The van der Waals surface area contributed by atoms with Crippen molar-refractivity contribution in [1.29, 1.82) is 0 Å². The highest BCUT2D eigenvalue weighted by molar-refractivity contribution is 6.16. The monoisotopic (exact) mass is 1200 g/mol. The van der Waals surface area contributed by atoms with Gasteiger partial charge in [0, 0.05) is 25.0 Å². The van der Waals surface area contributed by atoms with E-state index in [-0.39, 0.29) is 111 Å². The Kier molecular flexibility index (Phi) is 22.7. The summed E-state index contributed by atoms with van der Waals surface area (Å²) >= 11 is 0. The van der Waals surface area contributed by atoms with Crippen LogP contribution in [0.4, 0.5) is 4.79 Å². The number of rotatable bonds is 2. The predicted octanol–water partition coefficient (Wildman–Crippen LogP) is -4.22. The molecule has 3 aliphatic carbocycles. The van der Waals surface area contributed by atoms with Crippen LogP contribution in [0, 0.1) is 35.5 Å². The standard InChI is InChI=1S/C8H4O6.C8H6O6.C7H11NO3.C6H9NO2.C5H6O2.C5H4O2.C4H4N2O3.C4H4O3.C4H2O3/c9-5-1-2(6(10)13-5)4-3(1)7(11)14-8(4)12;9-5-1-3(7(11)13-5)4-2-6(10)14-8(4)12;1-7(2)5(10)3-6(11)8(7)4-9;1-6(2)4(8)3-5(9)7-6;2*6-4-1-2-5(7)3-4;7-2-1-3(8)6-4(9)5-2;2*5-3-1-2-4(6)7-3/h1-4H;3-4H,1-2H2;9H,3-4H2,1-2H3;3H2,1-2H3,(H,7,9);1-3H2;1-2H,3H2;1H2,(H2,5,6,7,8,9);1-2H2;1-2H. The van der Waals surface area contributed by atoms with E-state index in [2.05, 4.69) is 33.7 Å². The van der Waals surface area contributed by atoms with E-state index in [1.807, 2.05) is 10.6 Å². The Hall–Kier alpha value is -10.1. The molecule has 34 heteroatoms. The second kappa shape index (κ2) is 28.7. The van der Waals surface area contributed by atoms with Crippen molar-refractivity contribution in [2.24, 2.45) is 35.5 Å². The number of Topliss-reactive ketones (excluding diaryl/α,β-unsaturated/α-hetero) is 4. The molecule has 10 fully saturated rings. The Labute approximate surface area is 475 Å². The Morgan fingerprint density at radius 1 is 0.435 bits per heavy atom. The highest BCUT2D eigenvalue weighted by Crippen LogP contribution is 2.55. The highest BCUT2D eigenvalue weighted by Gasteiger charge is 2.72. The fourth-order valence-electron chi connectivity index (χ4n) is 8.39. The summed E-state index contributed by atoms with van der Waals surface area (Å²) in [5.41, 5.74) is -1.43. The summed E-state index contributed by atoms with van der Waals surface area (Å²) in [6, 6.07) is -0.740. The van der Waals surface area contributed by atoms with Crippen LogP contribution in [0.25, 0.3) is 0 Å². The third-order valence-electron chi connectivity index (χ3n) is 12.9. The van der Waals surface area contributed by atoms with Crippen molar-refractivity contribution < 1.29 is 144 Å². The number of ketones is 6. The molecular weight excluding hydrogens is 1150 g/mol. The van der Waals surface area contributed by atoms with Crippen LogP contribution in [0.3, 0.4) is 0 Å². The summed E-state index contributed by atoms with van der Waals surface area (Å²) in [4.78, 5) is 244. The van der Waals surface area contributed by atoms with E-state index >= 15 is 0 Å². The minimum Gasteiger partial charge on any atom is -0.393 e. The molecule has 85 heavy (non-hydrogen) atoms. The zero-order chi connectivity index (χ0) is 64.0. The summed E-state index contributed by atoms with van der Waals surface area (Å²) in [7, 11) is 0. The smallest absolute Gasteiger partial charge is 0.338 e. The lowest BCUT2D eigenvalue weighted by molar-refractivity contribution is -0.158. The first-order valence-electron chi connectivity index (χ1n) is 24.9. The van der Waals surface area contributed by atoms with Gasteiger partial charge >= 0.3 is 77.7 Å². The van der Waals surface area contributed by atoms with Crippen molar-refractivity contribution in [1.82, 2.24) is 20.9 Å². The lowest BCUT2D eigenvalue weighted by Crippen LogP contribution is -2.50. The first-order chi connectivity index (χ1) is 39.5. The maximum atomic E-state index is 11.1. The summed E-state index contributed by atoms with van der Waals surface area (Å²) in [5.74, 6) is -14.1. The normalized spacial score (nSPS) is 26.5. The molecule has 0 radical (unpaired) electrons. The summed E-state index contributed by atoms with van der Waals surface area (Å²) in [6.07, 6.45) is 5.98. The molecule has 8 saturated heterocycles. The summed E-state index contributed by atoms with van der Waals surface area (Å²) in [5, 5.41) is 15.1. The number of imide groups is 2. The largest absolute Gasteiger partial charge is 0.393 e. The molecule has 12 aliphatic rings. The molecule has 4 N–H and O–H groups in total. The van der Waals surface area contributed by atoms with Gasteiger partial charge in [0.25, 0.3) is 0 Å². The molecular formula is C51H50N4O30. The third-order valence-corrected chi connectivity index (χ3v) is 12.9. The van der Waals surface area contributed by atoms with Crippen molar-refractivity contribution in [3.8, 4) is 0 Å². The van der Waals surface area contributed by atoms with Crippen LogP contribution in [0.5, 0.6) is 0 Å². The number of allylic oxidation sites excluding steroid dienone is 2. The molecule has 2 unspecified atom stereocenters.